The fourth-order valence-corrected chi connectivity index (χ4v) is 2.72. The molecule has 0 aromatic rings. The van der Waals surface area contributed by atoms with Crippen molar-refractivity contribution in [3.05, 3.63) is 18.1 Å². The number of hydrogen-bond acceptors (Lipinski definition) is 2. The van der Waals surface area contributed by atoms with Gasteiger partial charge in [-0.25, -0.2) is 6.17 Å². The van der Waals surface area contributed by atoms with Crippen molar-refractivity contribution >= 4 is 0 Å². The van der Waals surface area contributed by atoms with Gasteiger partial charge in [0.05, 0.1) is 0 Å². The Labute approximate surface area is 161 Å². The van der Waals surface area contributed by atoms with Crippen LogP contribution in [0.15, 0.2) is 6.99 Å². The molecule has 0 aliphatic carbocycles. The van der Waals surface area contributed by atoms with Gasteiger partial charge in [-0.05, 0) is 0 Å². The van der Waals surface area contributed by atoms with Gasteiger partial charge in [-0.2, -0.15) is 0 Å². The minimum absolute atomic E-state index is 0. The monoisotopic (exact) mass is 425 g/mol. The molecule has 5 heteroatoms. The maximum Gasteiger partial charge on any atom is -0.0793 e. The number of rotatable bonds is 2. The van der Waals surface area contributed by atoms with Gasteiger partial charge in [0.25, 0.3) is 0 Å². The molecule has 4 nitrogen and oxygen atoms in total. The summed E-state index contributed by atoms with van der Waals surface area (Å²) in [4.78, 5) is 0. The third-order valence-corrected chi connectivity index (χ3v) is 4.87. The molecular formula is C19H43MoN4-3. The molecule has 0 amide bonds. The van der Waals surface area contributed by atoms with Crippen LogP contribution in [0.25, 0.3) is 10.6 Å². The standard InChI is InChI=1S/C10H22N2.2C4H9N.CH3.Mo/c1-8(11-9(2,3)4)12-10(5,6)7;2*1-4(2,3)5;;/h8H,1-7H3;2*1-3H3;1H3;/q-2;;;-1;. The quantitative estimate of drug-likeness (QED) is 0.334. The van der Waals surface area contributed by atoms with Gasteiger partial charge in [0.2, 0.25) is 0 Å². The van der Waals surface area contributed by atoms with Crippen LogP contribution >= 0.6 is 0 Å². The molecule has 24 heavy (non-hydrogen) atoms. The van der Waals surface area contributed by atoms with Crippen molar-refractivity contribution in [2.24, 2.45) is 6.99 Å². The SMILES string of the molecule is CC(C)(C)[N]=[Mo]=[N]C(C)(C)C.CC([N-]C(C)(C)C)[N-]C(C)(C)C.[CH3-]. The summed E-state index contributed by atoms with van der Waals surface area (Å²) < 4.78 is 9.01. The Balaban J connectivity index is -0.000000354. The van der Waals surface area contributed by atoms with E-state index in [4.69, 9.17) is 0 Å². The first-order chi connectivity index (χ1) is 9.81. The summed E-state index contributed by atoms with van der Waals surface area (Å²) >= 11 is -0.473. The Morgan fingerprint density at radius 2 is 0.875 bits per heavy atom. The van der Waals surface area contributed by atoms with Crippen molar-refractivity contribution in [2.75, 3.05) is 0 Å². The van der Waals surface area contributed by atoms with Crippen molar-refractivity contribution in [2.45, 2.75) is 118 Å². The zero-order valence-electron chi connectivity index (χ0n) is 18.8. The molecule has 0 aliphatic heterocycles. The fourth-order valence-electron chi connectivity index (χ4n) is 1.42. The second-order valence-corrected chi connectivity index (χ2v) is 11.1. The van der Waals surface area contributed by atoms with E-state index in [1.165, 1.54) is 0 Å². The van der Waals surface area contributed by atoms with Crippen LogP contribution in [-0.2, 0) is 18.2 Å². The first-order valence-electron chi connectivity index (χ1n) is 8.35. The smallest absolute Gasteiger partial charge is 0.0793 e. The van der Waals surface area contributed by atoms with Crippen LogP contribution in [0, 0.1) is 7.43 Å². The molecule has 0 atom stereocenters. The predicted octanol–water partition coefficient (Wildman–Crippen LogP) is 7.16. The van der Waals surface area contributed by atoms with Crippen LogP contribution in [0.1, 0.15) is 90.0 Å². The van der Waals surface area contributed by atoms with E-state index in [1.54, 1.807) is 0 Å². The average Bonchev–Trinajstić information content (AvgIpc) is 2.05. The van der Waals surface area contributed by atoms with Gasteiger partial charge in [-0.15, -0.1) is 18.0 Å². The summed E-state index contributed by atoms with van der Waals surface area (Å²) in [5.41, 5.74) is 0.260. The van der Waals surface area contributed by atoms with E-state index in [-0.39, 0.29) is 35.7 Å². The third kappa shape index (κ3) is 30.1. The molecule has 0 radical (unpaired) electrons. The maximum absolute atomic E-state index is 4.53. The van der Waals surface area contributed by atoms with E-state index in [0.29, 0.717) is 0 Å². The Kier molecular flexibility index (Phi) is 13.3. The van der Waals surface area contributed by atoms with Crippen LogP contribution in [0.5, 0.6) is 0 Å². The topological polar surface area (TPSA) is 52.9 Å². The van der Waals surface area contributed by atoms with Crippen LogP contribution in [0.4, 0.5) is 0 Å². The van der Waals surface area contributed by atoms with Gasteiger partial charge in [0, 0.05) is 0 Å². The first kappa shape index (κ1) is 29.0. The van der Waals surface area contributed by atoms with E-state index in [9.17, 15) is 0 Å². The van der Waals surface area contributed by atoms with Crippen molar-refractivity contribution in [1.29, 1.82) is 0 Å². The normalized spacial score (nSPS) is 12.8. The third-order valence-electron chi connectivity index (χ3n) is 1.78. The molecule has 0 aromatic heterocycles. The molecule has 0 aromatic carbocycles. The van der Waals surface area contributed by atoms with E-state index in [0.717, 1.165) is 0 Å². The molecule has 0 spiro atoms. The largest absolute Gasteiger partial charge is 0.673 e. The summed E-state index contributed by atoms with van der Waals surface area (Å²) in [6, 6.07) is 0. The predicted molar refractivity (Wildman–Crippen MR) is 106 cm³/mol. The second-order valence-electron chi connectivity index (χ2n) is 9.84. The zero-order valence-corrected chi connectivity index (χ0v) is 20.8. The van der Waals surface area contributed by atoms with Gasteiger partial charge in [0.15, 0.2) is 0 Å². The molecule has 0 saturated heterocycles. The number of hydrogen-bond donors (Lipinski definition) is 0. The van der Waals surface area contributed by atoms with Crippen molar-refractivity contribution in [3.8, 4) is 0 Å². The maximum atomic E-state index is 4.53. The first-order valence-corrected chi connectivity index (χ1v) is 10.1. The summed E-state index contributed by atoms with van der Waals surface area (Å²) in [5.74, 6) is 0. The molecule has 0 aliphatic rings. The van der Waals surface area contributed by atoms with E-state index < -0.39 is 18.2 Å². The Bertz CT molecular complexity index is 350. The van der Waals surface area contributed by atoms with Crippen molar-refractivity contribution in [1.82, 2.24) is 0 Å². The molecule has 0 rings (SSSR count). The summed E-state index contributed by atoms with van der Waals surface area (Å²) in [6.07, 6.45) is 0.102. The molecule has 0 unspecified atom stereocenters. The minimum atomic E-state index is -0.473. The van der Waals surface area contributed by atoms with Gasteiger partial charge < -0.3 is 18.1 Å². The summed E-state index contributed by atoms with van der Waals surface area (Å²) in [7, 11) is 0. The molecule has 0 N–H and O–H groups in total. The summed E-state index contributed by atoms with van der Waals surface area (Å²) in [5, 5.41) is 9.06. The van der Waals surface area contributed by atoms with E-state index in [1.807, 2.05) is 6.92 Å². The molecule has 0 bridgehead atoms. The zero-order chi connectivity index (χ0) is 19.1. The minimum Gasteiger partial charge on any atom is -0.673 e. The Morgan fingerprint density at radius 3 is 1.04 bits per heavy atom. The van der Waals surface area contributed by atoms with Crippen LogP contribution in [0.3, 0.4) is 0 Å². The molecule has 0 heterocycles. The molecule has 0 saturated carbocycles. The van der Waals surface area contributed by atoms with Gasteiger partial charge in [-0.1, -0.05) is 41.5 Å². The van der Waals surface area contributed by atoms with E-state index >= 15 is 0 Å². The van der Waals surface area contributed by atoms with Crippen molar-refractivity contribution in [3.63, 3.8) is 0 Å². The van der Waals surface area contributed by atoms with Gasteiger partial charge >= 0.3 is 77.8 Å². The van der Waals surface area contributed by atoms with Gasteiger partial charge in [-0.3, -0.25) is 0 Å². The molecule has 148 valence electrons. The Hall–Kier alpha value is 0.208. The van der Waals surface area contributed by atoms with Crippen LogP contribution in [0.2, 0.25) is 0 Å². The van der Waals surface area contributed by atoms with Gasteiger partial charge in [0.1, 0.15) is 0 Å². The number of nitrogens with zero attached hydrogens (tertiary/aromatic N) is 4. The molecule has 0 fully saturated rings. The van der Waals surface area contributed by atoms with Crippen LogP contribution in [-0.4, -0.2) is 28.3 Å². The van der Waals surface area contributed by atoms with Crippen LogP contribution < -0.4 is 0 Å². The van der Waals surface area contributed by atoms with Crippen molar-refractivity contribution < 1.29 is 18.2 Å². The summed E-state index contributed by atoms with van der Waals surface area (Å²) in [6.45, 7) is 27.4. The second kappa shape index (κ2) is 11.0. The van der Waals surface area contributed by atoms with E-state index in [2.05, 4.69) is 101 Å². The average molecular weight is 424 g/mol. The fraction of sp³-hybridized carbons (Fsp3) is 0.947. The Morgan fingerprint density at radius 1 is 0.625 bits per heavy atom. The molecular weight excluding hydrogens is 380 g/mol.